The Kier molecular flexibility index (Phi) is 5.53. The lowest BCUT2D eigenvalue weighted by Gasteiger charge is -2.49. The lowest BCUT2D eigenvalue weighted by molar-refractivity contribution is 0.0142. The van der Waals surface area contributed by atoms with Gasteiger partial charge >= 0.3 is 0 Å². The van der Waals surface area contributed by atoms with Crippen LogP contribution in [0, 0.1) is 11.3 Å². The molecular weight excluding hydrogens is 244 g/mol. The molecule has 1 aliphatic heterocycles. The zero-order valence-corrected chi connectivity index (χ0v) is 14.1. The molecule has 2 fully saturated rings. The molecule has 2 aliphatic rings. The van der Waals surface area contributed by atoms with E-state index < -0.39 is 0 Å². The summed E-state index contributed by atoms with van der Waals surface area (Å²) in [5.41, 5.74) is 7.08. The van der Waals surface area contributed by atoms with Crippen molar-refractivity contribution in [2.24, 2.45) is 17.1 Å². The second kappa shape index (κ2) is 6.79. The fourth-order valence-corrected chi connectivity index (χ4v) is 4.43. The molecule has 0 bridgehead atoms. The molecule has 2 heteroatoms. The molecule has 0 amide bonds. The fourth-order valence-electron chi connectivity index (χ4n) is 4.43. The van der Waals surface area contributed by atoms with Crippen molar-refractivity contribution >= 4 is 0 Å². The van der Waals surface area contributed by atoms with Crippen molar-refractivity contribution in [1.29, 1.82) is 0 Å². The molecule has 0 aromatic heterocycles. The van der Waals surface area contributed by atoms with Gasteiger partial charge in [0.25, 0.3) is 0 Å². The SMILES string of the molecule is CC(C)(C)C1CCN(C2(CN)CCCCCCC2)CC1. The Morgan fingerprint density at radius 2 is 1.45 bits per heavy atom. The molecule has 118 valence electrons. The van der Waals surface area contributed by atoms with E-state index in [-0.39, 0.29) is 0 Å². The maximum atomic E-state index is 6.27. The van der Waals surface area contributed by atoms with Crippen molar-refractivity contribution in [1.82, 2.24) is 4.90 Å². The smallest absolute Gasteiger partial charge is 0.0331 e. The standard InChI is InChI=1S/C18H36N2/c1-17(2,3)16-9-13-20(14-10-16)18(15-19)11-7-5-4-6-8-12-18/h16H,4-15,19H2,1-3H3. The third-order valence-corrected chi connectivity index (χ3v) is 6.05. The van der Waals surface area contributed by atoms with Crippen molar-refractivity contribution < 1.29 is 0 Å². The minimum atomic E-state index is 0.337. The van der Waals surface area contributed by atoms with Gasteiger partial charge in [-0.3, -0.25) is 4.90 Å². The quantitative estimate of drug-likeness (QED) is 0.822. The van der Waals surface area contributed by atoms with E-state index in [9.17, 15) is 0 Å². The number of nitrogens with zero attached hydrogens (tertiary/aromatic N) is 1. The van der Waals surface area contributed by atoms with Crippen LogP contribution >= 0.6 is 0 Å². The predicted molar refractivity (Wildman–Crippen MR) is 87.9 cm³/mol. The van der Waals surface area contributed by atoms with Crippen LogP contribution < -0.4 is 5.73 Å². The van der Waals surface area contributed by atoms with Gasteiger partial charge in [-0.15, -0.1) is 0 Å². The van der Waals surface area contributed by atoms with Crippen LogP contribution in [0.15, 0.2) is 0 Å². The summed E-state index contributed by atoms with van der Waals surface area (Å²) in [7, 11) is 0. The van der Waals surface area contributed by atoms with E-state index in [1.807, 2.05) is 0 Å². The highest BCUT2D eigenvalue weighted by molar-refractivity contribution is 4.95. The first-order valence-corrected chi connectivity index (χ1v) is 8.93. The average molecular weight is 280 g/mol. The maximum Gasteiger partial charge on any atom is 0.0331 e. The zero-order chi connectivity index (χ0) is 14.6. The molecule has 0 spiro atoms. The molecule has 1 aliphatic carbocycles. The highest BCUT2D eigenvalue weighted by atomic mass is 15.2. The van der Waals surface area contributed by atoms with Gasteiger partial charge in [-0.1, -0.05) is 52.9 Å². The first-order chi connectivity index (χ1) is 9.48. The van der Waals surface area contributed by atoms with Gasteiger partial charge in [0.2, 0.25) is 0 Å². The van der Waals surface area contributed by atoms with E-state index in [0.29, 0.717) is 11.0 Å². The van der Waals surface area contributed by atoms with Gasteiger partial charge in [0.05, 0.1) is 0 Å². The third-order valence-electron chi connectivity index (χ3n) is 6.05. The minimum absolute atomic E-state index is 0.337. The Balaban J connectivity index is 1.98. The van der Waals surface area contributed by atoms with Crippen molar-refractivity contribution in [3.8, 4) is 0 Å². The van der Waals surface area contributed by atoms with Gasteiger partial charge in [0.15, 0.2) is 0 Å². The second-order valence-corrected chi connectivity index (χ2v) is 8.32. The van der Waals surface area contributed by atoms with Crippen molar-refractivity contribution in [3.05, 3.63) is 0 Å². The summed E-state index contributed by atoms with van der Waals surface area (Å²) >= 11 is 0. The van der Waals surface area contributed by atoms with Crippen molar-refractivity contribution in [2.45, 2.75) is 84.1 Å². The maximum absolute atomic E-state index is 6.27. The Labute approximate surface area is 126 Å². The molecule has 2 N–H and O–H groups in total. The monoisotopic (exact) mass is 280 g/mol. The molecule has 0 radical (unpaired) electrons. The number of rotatable bonds is 2. The second-order valence-electron chi connectivity index (χ2n) is 8.32. The van der Waals surface area contributed by atoms with E-state index in [2.05, 4.69) is 25.7 Å². The predicted octanol–water partition coefficient (Wildman–Crippen LogP) is 4.19. The van der Waals surface area contributed by atoms with Gasteiger partial charge in [0.1, 0.15) is 0 Å². The molecule has 1 saturated heterocycles. The molecular formula is C18H36N2. The van der Waals surface area contributed by atoms with Crippen molar-refractivity contribution in [2.75, 3.05) is 19.6 Å². The minimum Gasteiger partial charge on any atom is -0.329 e. The van der Waals surface area contributed by atoms with Gasteiger partial charge in [-0.05, 0) is 50.1 Å². The summed E-state index contributed by atoms with van der Waals surface area (Å²) in [6, 6.07) is 0. The summed E-state index contributed by atoms with van der Waals surface area (Å²) in [5.74, 6) is 0.891. The fraction of sp³-hybridized carbons (Fsp3) is 1.00. The molecule has 0 aromatic rings. The number of nitrogens with two attached hydrogens (primary N) is 1. The molecule has 0 unspecified atom stereocenters. The normalized spacial score (nSPS) is 27.0. The van der Waals surface area contributed by atoms with E-state index in [0.717, 1.165) is 12.5 Å². The van der Waals surface area contributed by atoms with Crippen LogP contribution in [0.25, 0.3) is 0 Å². The summed E-state index contributed by atoms with van der Waals surface area (Å²) in [5, 5.41) is 0. The molecule has 2 rings (SSSR count). The van der Waals surface area contributed by atoms with Gasteiger partial charge in [0, 0.05) is 12.1 Å². The number of hydrogen-bond donors (Lipinski definition) is 1. The first kappa shape index (κ1) is 16.3. The highest BCUT2D eigenvalue weighted by Crippen LogP contribution is 2.39. The number of likely N-dealkylation sites (tertiary alicyclic amines) is 1. The molecule has 20 heavy (non-hydrogen) atoms. The summed E-state index contributed by atoms with van der Waals surface area (Å²) in [4.78, 5) is 2.78. The Morgan fingerprint density at radius 1 is 0.950 bits per heavy atom. The molecule has 2 nitrogen and oxygen atoms in total. The largest absolute Gasteiger partial charge is 0.329 e. The zero-order valence-electron chi connectivity index (χ0n) is 14.1. The van der Waals surface area contributed by atoms with Crippen molar-refractivity contribution in [3.63, 3.8) is 0 Å². The van der Waals surface area contributed by atoms with Gasteiger partial charge in [-0.2, -0.15) is 0 Å². The van der Waals surface area contributed by atoms with Crippen LogP contribution in [-0.4, -0.2) is 30.1 Å². The van der Waals surface area contributed by atoms with E-state index in [1.165, 1.54) is 70.9 Å². The topological polar surface area (TPSA) is 29.3 Å². The lowest BCUT2D eigenvalue weighted by atomic mass is 9.73. The average Bonchev–Trinajstić information content (AvgIpc) is 2.39. The lowest BCUT2D eigenvalue weighted by Crippen LogP contribution is -2.57. The van der Waals surface area contributed by atoms with Crippen LogP contribution in [0.3, 0.4) is 0 Å². The molecule has 0 atom stereocenters. The number of piperidine rings is 1. The van der Waals surface area contributed by atoms with E-state index >= 15 is 0 Å². The van der Waals surface area contributed by atoms with Crippen LogP contribution in [0.5, 0.6) is 0 Å². The molecule has 0 aromatic carbocycles. The third kappa shape index (κ3) is 3.76. The Hall–Kier alpha value is -0.0800. The summed E-state index contributed by atoms with van der Waals surface area (Å²) in [6.45, 7) is 10.6. The van der Waals surface area contributed by atoms with Crippen LogP contribution in [0.4, 0.5) is 0 Å². The molecule has 1 heterocycles. The summed E-state index contributed by atoms with van der Waals surface area (Å²) in [6.07, 6.45) is 12.4. The Morgan fingerprint density at radius 3 is 1.90 bits per heavy atom. The van der Waals surface area contributed by atoms with Gasteiger partial charge in [-0.25, -0.2) is 0 Å². The highest BCUT2D eigenvalue weighted by Gasteiger charge is 2.39. The number of hydrogen-bond acceptors (Lipinski definition) is 2. The van der Waals surface area contributed by atoms with E-state index in [1.54, 1.807) is 0 Å². The van der Waals surface area contributed by atoms with Crippen LogP contribution in [0.2, 0.25) is 0 Å². The van der Waals surface area contributed by atoms with Crippen LogP contribution in [-0.2, 0) is 0 Å². The first-order valence-electron chi connectivity index (χ1n) is 8.93. The van der Waals surface area contributed by atoms with E-state index in [4.69, 9.17) is 5.73 Å². The summed E-state index contributed by atoms with van der Waals surface area (Å²) < 4.78 is 0. The molecule has 1 saturated carbocycles. The Bertz CT molecular complexity index is 276. The van der Waals surface area contributed by atoms with Crippen LogP contribution in [0.1, 0.15) is 78.6 Å². The van der Waals surface area contributed by atoms with Gasteiger partial charge < -0.3 is 5.73 Å².